The molecule has 0 saturated carbocycles. The highest BCUT2D eigenvalue weighted by atomic mass is 32.2. The van der Waals surface area contributed by atoms with Crippen LogP contribution in [-0.2, 0) is 9.59 Å². The number of para-hydroxylation sites is 3. The fourth-order valence-electron chi connectivity index (χ4n) is 3.38. The Labute approximate surface area is 178 Å². The molecule has 0 fully saturated rings. The Morgan fingerprint density at radius 2 is 1.93 bits per heavy atom. The van der Waals surface area contributed by atoms with Gasteiger partial charge < -0.3 is 10.3 Å². The van der Waals surface area contributed by atoms with Gasteiger partial charge in [-0.2, -0.15) is 16.9 Å². The van der Waals surface area contributed by atoms with Gasteiger partial charge in [0.15, 0.2) is 0 Å². The number of nitrogens with one attached hydrogen (secondary N) is 2. The van der Waals surface area contributed by atoms with Gasteiger partial charge >= 0.3 is 0 Å². The molecule has 8 heteroatoms. The summed E-state index contributed by atoms with van der Waals surface area (Å²) in [6.07, 6.45) is 3.35. The number of aromatic nitrogens is 2. The van der Waals surface area contributed by atoms with E-state index >= 15 is 0 Å². The number of aromatic amines is 1. The van der Waals surface area contributed by atoms with Crippen molar-refractivity contribution in [3.05, 3.63) is 60.4 Å². The van der Waals surface area contributed by atoms with E-state index in [0.717, 1.165) is 29.0 Å². The highest BCUT2D eigenvalue weighted by Crippen LogP contribution is 2.22. The van der Waals surface area contributed by atoms with Gasteiger partial charge in [0.25, 0.3) is 5.91 Å². The summed E-state index contributed by atoms with van der Waals surface area (Å²) in [5.41, 5.74) is 2.81. The summed E-state index contributed by atoms with van der Waals surface area (Å²) in [4.78, 5) is 33.3. The molecule has 30 heavy (non-hydrogen) atoms. The molecule has 2 amide bonds. The molecule has 1 aliphatic heterocycles. The second-order valence-electron chi connectivity index (χ2n) is 7.03. The second kappa shape index (κ2) is 9.13. The van der Waals surface area contributed by atoms with Gasteiger partial charge in [-0.05, 0) is 42.7 Å². The number of hydrogen-bond donors (Lipinski definition) is 2. The Kier molecular flexibility index (Phi) is 6.13. The second-order valence-corrected chi connectivity index (χ2v) is 8.02. The van der Waals surface area contributed by atoms with E-state index in [-0.39, 0.29) is 24.3 Å². The first-order valence-electron chi connectivity index (χ1n) is 9.85. The summed E-state index contributed by atoms with van der Waals surface area (Å²) in [5, 5.41) is 8.74. The van der Waals surface area contributed by atoms with Gasteiger partial charge in [0.05, 0.1) is 22.8 Å². The third kappa shape index (κ3) is 4.38. The number of carbonyl (C=O) groups is 2. The summed E-state index contributed by atoms with van der Waals surface area (Å²) in [6.45, 7) is 0. The number of H-pyrrole nitrogens is 1. The smallest absolute Gasteiger partial charge is 0.268 e. The van der Waals surface area contributed by atoms with Crippen molar-refractivity contribution < 1.29 is 9.59 Å². The Bertz CT molecular complexity index is 1050. The zero-order valence-corrected chi connectivity index (χ0v) is 17.5. The molecule has 4 rings (SSSR count). The van der Waals surface area contributed by atoms with Crippen LogP contribution in [0.15, 0.2) is 59.7 Å². The molecule has 2 aromatic carbocycles. The predicted molar refractivity (Wildman–Crippen MR) is 121 cm³/mol. The van der Waals surface area contributed by atoms with Crippen LogP contribution >= 0.6 is 11.8 Å². The van der Waals surface area contributed by atoms with E-state index in [4.69, 9.17) is 0 Å². The molecule has 1 aromatic heterocycles. The lowest BCUT2D eigenvalue weighted by atomic mass is 10.1. The summed E-state index contributed by atoms with van der Waals surface area (Å²) in [5.74, 6) is 1.22. The molecule has 0 saturated heterocycles. The molecule has 2 heterocycles. The van der Waals surface area contributed by atoms with Crippen molar-refractivity contribution in [2.45, 2.75) is 25.3 Å². The van der Waals surface area contributed by atoms with Crippen LogP contribution in [0, 0.1) is 0 Å². The van der Waals surface area contributed by atoms with E-state index in [1.54, 1.807) is 23.9 Å². The average molecular weight is 422 g/mol. The third-order valence-corrected chi connectivity index (χ3v) is 5.59. The fraction of sp³-hybridized carbons (Fsp3) is 0.273. The minimum atomic E-state index is -0.269. The number of rotatable bonds is 7. The van der Waals surface area contributed by atoms with E-state index in [1.165, 1.54) is 5.01 Å². The zero-order chi connectivity index (χ0) is 20.9. The molecule has 0 spiro atoms. The fourth-order valence-corrected chi connectivity index (χ4v) is 3.85. The number of anilines is 1. The molecule has 0 unspecified atom stereocenters. The van der Waals surface area contributed by atoms with Gasteiger partial charge in [-0.1, -0.05) is 30.3 Å². The highest BCUT2D eigenvalue weighted by Gasteiger charge is 2.27. The number of hydrazone groups is 1. The molecule has 3 aromatic rings. The number of carbonyl (C=O) groups excluding carboxylic acids is 2. The van der Waals surface area contributed by atoms with Gasteiger partial charge in [0.2, 0.25) is 5.91 Å². The van der Waals surface area contributed by atoms with Crippen LogP contribution in [0.2, 0.25) is 0 Å². The van der Waals surface area contributed by atoms with Crippen molar-refractivity contribution in [2.75, 3.05) is 17.0 Å². The SMILES string of the molecule is CSCC[C@H](NC(=O)C1=NN(c2ccccc2)C(=O)CC1)c1nc2ccccc2[nH]1. The van der Waals surface area contributed by atoms with Crippen LogP contribution in [0.1, 0.15) is 31.1 Å². The topological polar surface area (TPSA) is 90.4 Å². The van der Waals surface area contributed by atoms with Gasteiger partial charge in [-0.3, -0.25) is 9.59 Å². The van der Waals surface area contributed by atoms with E-state index in [2.05, 4.69) is 20.4 Å². The van der Waals surface area contributed by atoms with Crippen LogP contribution < -0.4 is 10.3 Å². The Balaban J connectivity index is 1.56. The van der Waals surface area contributed by atoms with Gasteiger partial charge in [0, 0.05) is 12.8 Å². The molecule has 7 nitrogen and oxygen atoms in total. The number of fused-ring (bicyclic) bond motifs is 1. The minimum absolute atomic E-state index is 0.117. The number of benzene rings is 2. The molecule has 154 valence electrons. The standard InChI is InChI=1S/C22H23N5O2S/c1-30-14-13-18(21-23-16-9-5-6-10-17(16)24-21)25-22(29)19-11-12-20(28)27(26-19)15-7-3-2-4-8-15/h2-10,18H,11-14H2,1H3,(H,23,24)(H,25,29)/t18-/m0/s1. The number of nitrogens with zero attached hydrogens (tertiary/aromatic N) is 3. The van der Waals surface area contributed by atoms with Crippen molar-refractivity contribution in [3.63, 3.8) is 0 Å². The zero-order valence-electron chi connectivity index (χ0n) is 16.7. The summed E-state index contributed by atoms with van der Waals surface area (Å²) >= 11 is 1.72. The quantitative estimate of drug-likeness (QED) is 0.609. The number of thioether (sulfide) groups is 1. The van der Waals surface area contributed by atoms with Gasteiger partial charge in [-0.15, -0.1) is 0 Å². The molecule has 2 N–H and O–H groups in total. The van der Waals surface area contributed by atoms with Crippen molar-refractivity contribution in [3.8, 4) is 0 Å². The maximum atomic E-state index is 13.0. The number of hydrogen-bond acceptors (Lipinski definition) is 5. The van der Waals surface area contributed by atoms with Crippen LogP contribution in [0.5, 0.6) is 0 Å². The first-order valence-corrected chi connectivity index (χ1v) is 11.2. The average Bonchev–Trinajstić information content (AvgIpc) is 3.21. The van der Waals surface area contributed by atoms with Crippen LogP contribution in [0.4, 0.5) is 5.69 Å². The lowest BCUT2D eigenvalue weighted by Crippen LogP contribution is -2.40. The maximum absolute atomic E-state index is 13.0. The molecule has 0 radical (unpaired) electrons. The van der Waals surface area contributed by atoms with Crippen molar-refractivity contribution in [1.29, 1.82) is 0 Å². The molecular formula is C22H23N5O2S. The van der Waals surface area contributed by atoms with E-state index in [9.17, 15) is 9.59 Å². The Hall–Kier alpha value is -3.13. The Morgan fingerprint density at radius 3 is 2.70 bits per heavy atom. The van der Waals surface area contributed by atoms with Gasteiger partial charge in [-0.25, -0.2) is 9.99 Å². The monoisotopic (exact) mass is 421 g/mol. The summed E-state index contributed by atoms with van der Waals surface area (Å²) in [6, 6.07) is 16.7. The van der Waals surface area contributed by atoms with Crippen LogP contribution in [-0.4, -0.2) is 39.5 Å². The summed E-state index contributed by atoms with van der Waals surface area (Å²) in [7, 11) is 0. The van der Waals surface area contributed by atoms with E-state index < -0.39 is 0 Å². The normalized spacial score (nSPS) is 15.2. The summed E-state index contributed by atoms with van der Waals surface area (Å²) < 4.78 is 0. The maximum Gasteiger partial charge on any atom is 0.268 e. The van der Waals surface area contributed by atoms with E-state index in [0.29, 0.717) is 17.8 Å². The largest absolute Gasteiger partial charge is 0.341 e. The van der Waals surface area contributed by atoms with Crippen molar-refractivity contribution in [2.24, 2.45) is 5.10 Å². The third-order valence-electron chi connectivity index (χ3n) is 4.95. The predicted octanol–water partition coefficient (Wildman–Crippen LogP) is 3.66. The number of imidazole rings is 1. The molecule has 1 aliphatic rings. The highest BCUT2D eigenvalue weighted by molar-refractivity contribution is 7.98. The first kappa shape index (κ1) is 20.2. The lowest BCUT2D eigenvalue weighted by Gasteiger charge is -2.24. The molecule has 0 bridgehead atoms. The van der Waals surface area contributed by atoms with Crippen LogP contribution in [0.25, 0.3) is 11.0 Å². The minimum Gasteiger partial charge on any atom is -0.341 e. The molecule has 0 aliphatic carbocycles. The van der Waals surface area contributed by atoms with Crippen molar-refractivity contribution >= 4 is 46.0 Å². The molecular weight excluding hydrogens is 398 g/mol. The van der Waals surface area contributed by atoms with Gasteiger partial charge in [0.1, 0.15) is 11.5 Å². The number of amides is 2. The Morgan fingerprint density at radius 1 is 1.17 bits per heavy atom. The molecule has 1 atom stereocenters. The lowest BCUT2D eigenvalue weighted by molar-refractivity contribution is -0.119. The van der Waals surface area contributed by atoms with E-state index in [1.807, 2.05) is 48.7 Å². The van der Waals surface area contributed by atoms with Crippen LogP contribution in [0.3, 0.4) is 0 Å². The first-order chi connectivity index (χ1) is 14.7. The van der Waals surface area contributed by atoms with Crippen molar-refractivity contribution in [1.82, 2.24) is 15.3 Å².